The first-order valence-corrected chi connectivity index (χ1v) is 8.28. The van der Waals surface area contributed by atoms with Crippen molar-refractivity contribution in [1.82, 2.24) is 5.32 Å². The zero-order valence-corrected chi connectivity index (χ0v) is 12.9. The number of fused-ring (bicyclic) bond motifs is 1. The van der Waals surface area contributed by atoms with E-state index in [4.69, 9.17) is 4.74 Å². The summed E-state index contributed by atoms with van der Waals surface area (Å²) in [6.45, 7) is 0.568. The Morgan fingerprint density at radius 2 is 2.10 bits per heavy atom. The van der Waals surface area contributed by atoms with E-state index in [2.05, 4.69) is 5.32 Å². The highest BCUT2D eigenvalue weighted by Gasteiger charge is 2.34. The van der Waals surface area contributed by atoms with Crippen LogP contribution in [0.4, 0.5) is 0 Å². The van der Waals surface area contributed by atoms with Crippen molar-refractivity contribution >= 4 is 28.4 Å². The van der Waals surface area contributed by atoms with E-state index in [1.54, 1.807) is 7.11 Å². The molecule has 0 aromatic heterocycles. The van der Waals surface area contributed by atoms with Gasteiger partial charge in [-0.25, -0.2) is 0 Å². The third kappa shape index (κ3) is 2.92. The monoisotopic (exact) mass is 301 g/mol. The lowest BCUT2D eigenvalue weighted by molar-refractivity contribution is 0.0137. The van der Waals surface area contributed by atoms with E-state index in [9.17, 15) is 4.79 Å². The molecule has 21 heavy (non-hydrogen) atoms. The van der Waals surface area contributed by atoms with Crippen LogP contribution in [-0.2, 0) is 4.74 Å². The summed E-state index contributed by atoms with van der Waals surface area (Å²) < 4.78 is 5.64. The number of thioether (sulfide) groups is 1. The third-order valence-electron chi connectivity index (χ3n) is 4.11. The van der Waals surface area contributed by atoms with Crippen LogP contribution in [0.1, 0.15) is 16.8 Å². The van der Waals surface area contributed by atoms with Gasteiger partial charge in [0.25, 0.3) is 5.91 Å². The summed E-state index contributed by atoms with van der Waals surface area (Å²) >= 11 is 1.88. The van der Waals surface area contributed by atoms with E-state index in [-0.39, 0.29) is 11.5 Å². The molecule has 0 radical (unpaired) electrons. The minimum absolute atomic E-state index is 0.0277. The summed E-state index contributed by atoms with van der Waals surface area (Å²) in [6.07, 6.45) is 0.990. The summed E-state index contributed by atoms with van der Waals surface area (Å²) in [5.74, 6) is 2.01. The van der Waals surface area contributed by atoms with Crippen LogP contribution in [0, 0.1) is 0 Å². The van der Waals surface area contributed by atoms with Crippen LogP contribution in [0.3, 0.4) is 0 Å². The normalized spacial score (nSPS) is 21.6. The highest BCUT2D eigenvalue weighted by atomic mass is 32.2. The molecule has 2 aromatic rings. The van der Waals surface area contributed by atoms with Crippen LogP contribution in [-0.4, -0.2) is 36.7 Å². The van der Waals surface area contributed by atoms with Gasteiger partial charge in [0.15, 0.2) is 0 Å². The molecule has 2 aromatic carbocycles. The average Bonchev–Trinajstić information content (AvgIpc) is 3.01. The summed E-state index contributed by atoms with van der Waals surface area (Å²) in [7, 11) is 1.73. The lowest BCUT2D eigenvalue weighted by atomic mass is 10.0. The van der Waals surface area contributed by atoms with E-state index in [1.807, 2.05) is 54.2 Å². The Morgan fingerprint density at radius 1 is 1.29 bits per heavy atom. The second kappa shape index (κ2) is 6.08. The predicted molar refractivity (Wildman–Crippen MR) is 88.0 cm³/mol. The van der Waals surface area contributed by atoms with E-state index in [0.717, 1.165) is 34.3 Å². The van der Waals surface area contributed by atoms with Gasteiger partial charge < -0.3 is 10.1 Å². The molecule has 0 aliphatic carbocycles. The van der Waals surface area contributed by atoms with Crippen LogP contribution < -0.4 is 5.32 Å². The van der Waals surface area contributed by atoms with E-state index in [0.29, 0.717) is 6.54 Å². The van der Waals surface area contributed by atoms with Crippen LogP contribution >= 0.6 is 11.8 Å². The first-order valence-electron chi connectivity index (χ1n) is 7.13. The maximum Gasteiger partial charge on any atom is 0.252 e. The van der Waals surface area contributed by atoms with Crippen molar-refractivity contribution in [2.45, 2.75) is 12.0 Å². The topological polar surface area (TPSA) is 38.3 Å². The van der Waals surface area contributed by atoms with Crippen molar-refractivity contribution in [3.8, 4) is 0 Å². The highest BCUT2D eigenvalue weighted by Crippen LogP contribution is 2.30. The minimum atomic E-state index is -0.203. The molecule has 1 aliphatic rings. The molecule has 110 valence electrons. The smallest absolute Gasteiger partial charge is 0.252 e. The number of hydrogen-bond donors (Lipinski definition) is 1. The number of methoxy groups -OCH3 is 1. The van der Waals surface area contributed by atoms with Crippen LogP contribution in [0.25, 0.3) is 10.8 Å². The van der Waals surface area contributed by atoms with Gasteiger partial charge in [0, 0.05) is 25.0 Å². The summed E-state index contributed by atoms with van der Waals surface area (Å²) in [5.41, 5.74) is 0.523. The molecule has 1 N–H and O–H groups in total. The van der Waals surface area contributed by atoms with Gasteiger partial charge in [-0.15, -0.1) is 0 Å². The Labute approximate surface area is 129 Å². The van der Waals surface area contributed by atoms with Gasteiger partial charge >= 0.3 is 0 Å². The van der Waals surface area contributed by atoms with Crippen LogP contribution in [0.2, 0.25) is 0 Å². The fourth-order valence-electron chi connectivity index (χ4n) is 2.72. The molecule has 4 heteroatoms. The Kier molecular flexibility index (Phi) is 4.17. The van der Waals surface area contributed by atoms with Gasteiger partial charge in [0.2, 0.25) is 0 Å². The number of carbonyl (C=O) groups excluding carboxylic acids is 1. The Balaban J connectivity index is 1.78. The molecule has 1 heterocycles. The zero-order chi connectivity index (χ0) is 14.7. The quantitative estimate of drug-likeness (QED) is 0.943. The number of rotatable bonds is 4. The molecule has 3 nitrogen and oxygen atoms in total. The van der Waals surface area contributed by atoms with Crippen molar-refractivity contribution in [2.75, 3.05) is 25.2 Å². The van der Waals surface area contributed by atoms with Crippen molar-refractivity contribution in [3.63, 3.8) is 0 Å². The third-order valence-corrected chi connectivity index (χ3v) is 5.33. The van der Waals surface area contributed by atoms with Gasteiger partial charge in [0.05, 0.1) is 5.60 Å². The van der Waals surface area contributed by atoms with Gasteiger partial charge in [0.1, 0.15) is 0 Å². The van der Waals surface area contributed by atoms with Gasteiger partial charge in [-0.3, -0.25) is 4.79 Å². The second-order valence-corrected chi connectivity index (χ2v) is 6.50. The molecule has 1 saturated heterocycles. The molecule has 3 rings (SSSR count). The molecule has 0 bridgehead atoms. The van der Waals surface area contributed by atoms with Crippen LogP contribution in [0.15, 0.2) is 42.5 Å². The summed E-state index contributed by atoms with van der Waals surface area (Å²) in [4.78, 5) is 12.5. The SMILES string of the molecule is CO[C@@]1(CNC(=O)c2cccc3ccccc23)CCSC1. The van der Waals surface area contributed by atoms with E-state index in [1.165, 1.54) is 0 Å². The lowest BCUT2D eigenvalue weighted by Gasteiger charge is -2.26. The Hall–Kier alpha value is -1.52. The minimum Gasteiger partial charge on any atom is -0.376 e. The molecule has 0 unspecified atom stereocenters. The number of carbonyl (C=O) groups is 1. The fourth-order valence-corrected chi connectivity index (χ4v) is 4.12. The number of amides is 1. The van der Waals surface area contributed by atoms with E-state index >= 15 is 0 Å². The van der Waals surface area contributed by atoms with Crippen LogP contribution in [0.5, 0.6) is 0 Å². The molecule has 1 atom stereocenters. The first kappa shape index (κ1) is 14.4. The number of hydrogen-bond acceptors (Lipinski definition) is 3. The predicted octanol–water partition coefficient (Wildman–Crippen LogP) is 3.09. The van der Waals surface area contributed by atoms with Crippen molar-refractivity contribution in [1.29, 1.82) is 0 Å². The largest absolute Gasteiger partial charge is 0.376 e. The molecular formula is C17H19NO2S. The number of ether oxygens (including phenoxy) is 1. The molecule has 0 saturated carbocycles. The van der Waals surface area contributed by atoms with Gasteiger partial charge in [-0.1, -0.05) is 36.4 Å². The number of benzene rings is 2. The van der Waals surface area contributed by atoms with Gasteiger partial charge in [-0.2, -0.15) is 11.8 Å². The molecular weight excluding hydrogens is 282 g/mol. The number of nitrogens with one attached hydrogen (secondary N) is 1. The lowest BCUT2D eigenvalue weighted by Crippen LogP contribution is -2.44. The maximum absolute atomic E-state index is 12.5. The highest BCUT2D eigenvalue weighted by molar-refractivity contribution is 7.99. The summed E-state index contributed by atoms with van der Waals surface area (Å²) in [5, 5.41) is 5.12. The van der Waals surface area contributed by atoms with Gasteiger partial charge in [-0.05, 0) is 29.0 Å². The molecule has 1 aliphatic heterocycles. The first-order chi connectivity index (χ1) is 10.2. The maximum atomic E-state index is 12.5. The standard InChI is InChI=1S/C17H19NO2S/c1-20-17(9-10-21-12-17)11-18-16(19)15-8-4-6-13-5-2-3-7-14(13)15/h2-8H,9-12H2,1H3,(H,18,19)/t17-/m1/s1. The molecule has 0 spiro atoms. The zero-order valence-electron chi connectivity index (χ0n) is 12.1. The van der Waals surface area contributed by atoms with Crippen molar-refractivity contribution < 1.29 is 9.53 Å². The Bertz CT molecular complexity index is 645. The average molecular weight is 301 g/mol. The Morgan fingerprint density at radius 3 is 2.86 bits per heavy atom. The fraction of sp³-hybridized carbons (Fsp3) is 0.353. The molecule has 1 amide bonds. The summed E-state index contributed by atoms with van der Waals surface area (Å²) in [6, 6.07) is 13.8. The van der Waals surface area contributed by atoms with Crippen molar-refractivity contribution in [3.05, 3.63) is 48.0 Å². The van der Waals surface area contributed by atoms with Crippen molar-refractivity contribution in [2.24, 2.45) is 0 Å². The molecule has 1 fully saturated rings. The van der Waals surface area contributed by atoms with E-state index < -0.39 is 0 Å². The second-order valence-electron chi connectivity index (χ2n) is 5.40.